The third-order valence-electron chi connectivity index (χ3n) is 8.86. The molecule has 0 amide bonds. The number of hydrogen-bond donors (Lipinski definition) is 0. The molecule has 0 bridgehead atoms. The molecule has 0 spiro atoms. The monoisotopic (exact) mass is 422 g/mol. The van der Waals surface area contributed by atoms with E-state index < -0.39 is 0 Å². The molecule has 2 aliphatic rings. The third-order valence-corrected chi connectivity index (χ3v) is 8.86. The van der Waals surface area contributed by atoms with Crippen molar-refractivity contribution in [3.05, 3.63) is 47.5 Å². The molecule has 0 aliphatic heterocycles. The van der Waals surface area contributed by atoms with Crippen LogP contribution in [0, 0.1) is 17.3 Å². The molecule has 0 radical (unpaired) electrons. The Hall–Kier alpha value is -1.04. The van der Waals surface area contributed by atoms with Gasteiger partial charge in [0.2, 0.25) is 0 Å². The zero-order valence-corrected chi connectivity index (χ0v) is 21.0. The summed E-state index contributed by atoms with van der Waals surface area (Å²) in [5, 5.41) is 0. The molecule has 1 aromatic carbocycles. The lowest BCUT2D eigenvalue weighted by atomic mass is 9.60. The molecule has 0 nitrogen and oxygen atoms in total. The van der Waals surface area contributed by atoms with Crippen molar-refractivity contribution in [1.29, 1.82) is 0 Å². The second kappa shape index (κ2) is 12.9. The number of unbranched alkanes of at least 4 members (excludes halogenated alkanes) is 5. The fraction of sp³-hybridized carbons (Fsp3) is 0.742. The Morgan fingerprint density at radius 2 is 1.61 bits per heavy atom. The SMILES string of the molecule is CCCCCCCCC1(C2=CCC(CC(C)CC)CC2)CCC(c2ccccc2)CC1. The van der Waals surface area contributed by atoms with Gasteiger partial charge in [-0.2, -0.15) is 0 Å². The van der Waals surface area contributed by atoms with Crippen LogP contribution in [0.25, 0.3) is 0 Å². The minimum Gasteiger partial charge on any atom is -0.0845 e. The standard InChI is InChI=1S/C31H50/c1-4-6-7-8-9-13-22-31(30-18-16-27(17-19-30)25-26(3)5-2)23-20-29(21-24-31)28-14-11-10-12-15-28/h10-12,14-15,18,26-27,29H,4-9,13,16-17,19-25H2,1-3H3. The van der Waals surface area contributed by atoms with Gasteiger partial charge in [-0.05, 0) is 86.5 Å². The van der Waals surface area contributed by atoms with Gasteiger partial charge in [0.15, 0.2) is 0 Å². The van der Waals surface area contributed by atoms with E-state index in [1.807, 2.05) is 5.57 Å². The summed E-state index contributed by atoms with van der Waals surface area (Å²) >= 11 is 0. The lowest BCUT2D eigenvalue weighted by Crippen LogP contribution is -2.31. The summed E-state index contributed by atoms with van der Waals surface area (Å²) in [7, 11) is 0. The smallest absolute Gasteiger partial charge is 0.00876 e. The maximum absolute atomic E-state index is 2.75. The Morgan fingerprint density at radius 1 is 0.903 bits per heavy atom. The van der Waals surface area contributed by atoms with Crippen LogP contribution in [-0.2, 0) is 0 Å². The predicted octanol–water partition coefficient (Wildman–Crippen LogP) is 10.2. The summed E-state index contributed by atoms with van der Waals surface area (Å²) in [5.74, 6) is 2.64. The molecular weight excluding hydrogens is 372 g/mol. The predicted molar refractivity (Wildman–Crippen MR) is 138 cm³/mol. The molecule has 1 saturated carbocycles. The highest BCUT2D eigenvalue weighted by Gasteiger charge is 2.39. The lowest BCUT2D eigenvalue weighted by Gasteiger charge is -2.44. The Bertz CT molecular complexity index is 631. The van der Waals surface area contributed by atoms with Gasteiger partial charge < -0.3 is 0 Å². The summed E-state index contributed by atoms with van der Waals surface area (Å²) < 4.78 is 0. The molecular formula is C31H50. The zero-order valence-electron chi connectivity index (χ0n) is 21.0. The van der Waals surface area contributed by atoms with Gasteiger partial charge in [-0.25, -0.2) is 0 Å². The van der Waals surface area contributed by atoms with Crippen molar-refractivity contribution in [3.63, 3.8) is 0 Å². The maximum Gasteiger partial charge on any atom is -0.00876 e. The Morgan fingerprint density at radius 3 is 2.26 bits per heavy atom. The minimum atomic E-state index is 0.539. The third kappa shape index (κ3) is 7.23. The molecule has 1 aromatic rings. The van der Waals surface area contributed by atoms with Gasteiger partial charge in [0.05, 0.1) is 0 Å². The number of allylic oxidation sites excluding steroid dienone is 2. The molecule has 0 heterocycles. The van der Waals surface area contributed by atoms with Crippen LogP contribution in [0.3, 0.4) is 0 Å². The van der Waals surface area contributed by atoms with Crippen LogP contribution in [0.1, 0.15) is 135 Å². The van der Waals surface area contributed by atoms with Gasteiger partial charge in [-0.1, -0.05) is 108 Å². The first-order chi connectivity index (χ1) is 15.2. The van der Waals surface area contributed by atoms with Gasteiger partial charge in [0, 0.05) is 0 Å². The van der Waals surface area contributed by atoms with Crippen LogP contribution in [0.4, 0.5) is 0 Å². The molecule has 2 atom stereocenters. The molecule has 0 aromatic heterocycles. The van der Waals surface area contributed by atoms with E-state index in [9.17, 15) is 0 Å². The first-order valence-electron chi connectivity index (χ1n) is 13.9. The van der Waals surface area contributed by atoms with Gasteiger partial charge >= 0.3 is 0 Å². The Kier molecular flexibility index (Phi) is 10.2. The fourth-order valence-electron chi connectivity index (χ4n) is 6.52. The fourth-order valence-corrected chi connectivity index (χ4v) is 6.52. The summed E-state index contributed by atoms with van der Waals surface area (Å²) in [6.07, 6.45) is 25.4. The van der Waals surface area contributed by atoms with Gasteiger partial charge in [-0.3, -0.25) is 0 Å². The molecule has 0 N–H and O–H groups in total. The normalized spacial score (nSPS) is 27.6. The highest BCUT2D eigenvalue weighted by atomic mass is 14.4. The maximum atomic E-state index is 2.75. The van der Waals surface area contributed by atoms with Gasteiger partial charge in [-0.15, -0.1) is 0 Å². The number of benzene rings is 1. The van der Waals surface area contributed by atoms with Gasteiger partial charge in [0.25, 0.3) is 0 Å². The molecule has 2 unspecified atom stereocenters. The summed E-state index contributed by atoms with van der Waals surface area (Å²) in [6, 6.07) is 11.4. The van der Waals surface area contributed by atoms with Crippen molar-refractivity contribution >= 4 is 0 Å². The van der Waals surface area contributed by atoms with E-state index in [2.05, 4.69) is 57.2 Å². The van der Waals surface area contributed by atoms with E-state index in [4.69, 9.17) is 0 Å². The van der Waals surface area contributed by atoms with Crippen molar-refractivity contribution in [2.45, 2.75) is 129 Å². The van der Waals surface area contributed by atoms with E-state index in [0.717, 1.165) is 17.8 Å². The van der Waals surface area contributed by atoms with Crippen LogP contribution in [0.5, 0.6) is 0 Å². The van der Waals surface area contributed by atoms with Crippen molar-refractivity contribution < 1.29 is 0 Å². The molecule has 31 heavy (non-hydrogen) atoms. The van der Waals surface area contributed by atoms with Gasteiger partial charge in [0.1, 0.15) is 0 Å². The van der Waals surface area contributed by atoms with Crippen molar-refractivity contribution in [2.24, 2.45) is 17.3 Å². The number of rotatable bonds is 12. The topological polar surface area (TPSA) is 0 Å². The quantitative estimate of drug-likeness (QED) is 0.232. The molecule has 0 heteroatoms. The van der Waals surface area contributed by atoms with Crippen LogP contribution < -0.4 is 0 Å². The molecule has 1 fully saturated rings. The van der Waals surface area contributed by atoms with Crippen LogP contribution in [-0.4, -0.2) is 0 Å². The Balaban J connectivity index is 1.61. The highest BCUT2D eigenvalue weighted by Crippen LogP contribution is 2.53. The average molecular weight is 423 g/mol. The van der Waals surface area contributed by atoms with E-state index >= 15 is 0 Å². The van der Waals surface area contributed by atoms with E-state index in [-0.39, 0.29) is 0 Å². The van der Waals surface area contributed by atoms with E-state index in [1.165, 1.54) is 103 Å². The average Bonchev–Trinajstić information content (AvgIpc) is 2.82. The van der Waals surface area contributed by atoms with Crippen LogP contribution in [0.15, 0.2) is 42.0 Å². The molecule has 2 aliphatic carbocycles. The van der Waals surface area contributed by atoms with Crippen molar-refractivity contribution in [1.82, 2.24) is 0 Å². The van der Waals surface area contributed by atoms with E-state index in [1.54, 1.807) is 5.56 Å². The minimum absolute atomic E-state index is 0.539. The lowest BCUT2D eigenvalue weighted by molar-refractivity contribution is 0.184. The first-order valence-corrected chi connectivity index (χ1v) is 13.9. The Labute approximate surface area is 194 Å². The largest absolute Gasteiger partial charge is 0.0845 e. The molecule has 174 valence electrons. The summed E-state index contributed by atoms with van der Waals surface area (Å²) in [6.45, 7) is 7.13. The molecule has 0 saturated heterocycles. The first kappa shape index (κ1) is 24.6. The zero-order chi connectivity index (χ0) is 21.9. The number of hydrogen-bond acceptors (Lipinski definition) is 0. The van der Waals surface area contributed by atoms with Crippen molar-refractivity contribution in [3.8, 4) is 0 Å². The van der Waals surface area contributed by atoms with Crippen LogP contribution >= 0.6 is 0 Å². The summed E-state index contributed by atoms with van der Waals surface area (Å²) in [4.78, 5) is 0. The molecule has 3 rings (SSSR count). The second-order valence-corrected chi connectivity index (χ2v) is 11.1. The van der Waals surface area contributed by atoms with Crippen molar-refractivity contribution in [2.75, 3.05) is 0 Å². The summed E-state index contributed by atoms with van der Waals surface area (Å²) in [5.41, 5.74) is 4.01. The van der Waals surface area contributed by atoms with Crippen LogP contribution in [0.2, 0.25) is 0 Å². The highest BCUT2D eigenvalue weighted by molar-refractivity contribution is 5.24. The second-order valence-electron chi connectivity index (χ2n) is 11.1. The van der Waals surface area contributed by atoms with E-state index in [0.29, 0.717) is 5.41 Å².